The number of carboxylic acid groups (broad SMARTS) is 1. The molecule has 1 rings (SSSR count). The Morgan fingerprint density at radius 2 is 2.06 bits per heavy atom. The summed E-state index contributed by atoms with van der Waals surface area (Å²) in [6, 6.07) is 5.78. The summed E-state index contributed by atoms with van der Waals surface area (Å²) >= 11 is 0. The smallest absolute Gasteiger partial charge is 0.325 e. The summed E-state index contributed by atoms with van der Waals surface area (Å²) in [5.74, 6) is -1.08. The van der Waals surface area contributed by atoms with Crippen LogP contribution < -0.4 is 10.1 Å². The van der Waals surface area contributed by atoms with E-state index in [1.165, 1.54) is 6.92 Å². The quantitative estimate of drug-likeness (QED) is 0.809. The molecule has 0 aromatic heterocycles. The van der Waals surface area contributed by atoms with Crippen LogP contribution in [0.25, 0.3) is 0 Å². The van der Waals surface area contributed by atoms with E-state index in [2.05, 4.69) is 5.32 Å². The highest BCUT2D eigenvalue weighted by atomic mass is 16.5. The number of para-hydroxylation sites is 1. The molecular weight excluding hydrogens is 222 g/mol. The van der Waals surface area contributed by atoms with Gasteiger partial charge < -0.3 is 15.2 Å². The van der Waals surface area contributed by atoms with E-state index in [1.807, 2.05) is 6.92 Å². The monoisotopic (exact) mass is 237 g/mol. The minimum atomic E-state index is -1.08. The van der Waals surface area contributed by atoms with Gasteiger partial charge in [0.1, 0.15) is 11.8 Å². The Kier molecular flexibility index (Phi) is 4.51. The fourth-order valence-electron chi connectivity index (χ4n) is 1.27. The van der Waals surface area contributed by atoms with E-state index >= 15 is 0 Å². The van der Waals surface area contributed by atoms with E-state index in [4.69, 9.17) is 9.84 Å². The van der Waals surface area contributed by atoms with Crippen molar-refractivity contribution in [3.63, 3.8) is 0 Å². The summed E-state index contributed by atoms with van der Waals surface area (Å²) in [6.07, 6.45) is 0. The van der Waals surface area contributed by atoms with Gasteiger partial charge in [-0.1, -0.05) is 12.1 Å². The summed E-state index contributed by atoms with van der Waals surface area (Å²) in [4.78, 5) is 22.4. The maximum atomic E-state index is 11.8. The summed E-state index contributed by atoms with van der Waals surface area (Å²) in [5.41, 5.74) is 0.336. The van der Waals surface area contributed by atoms with Crippen LogP contribution in [0.2, 0.25) is 0 Å². The molecule has 92 valence electrons. The molecule has 0 bridgehead atoms. The number of rotatable bonds is 5. The van der Waals surface area contributed by atoms with Crippen molar-refractivity contribution in [2.45, 2.75) is 19.9 Å². The second kappa shape index (κ2) is 5.89. The van der Waals surface area contributed by atoms with Crippen LogP contribution in [-0.2, 0) is 4.79 Å². The van der Waals surface area contributed by atoms with E-state index in [0.717, 1.165) is 0 Å². The molecule has 0 radical (unpaired) electrons. The lowest BCUT2D eigenvalue weighted by Gasteiger charge is -2.12. The predicted molar refractivity (Wildman–Crippen MR) is 62.2 cm³/mol. The zero-order valence-electron chi connectivity index (χ0n) is 9.77. The Bertz CT molecular complexity index is 417. The number of carbonyl (C=O) groups excluding carboxylic acids is 1. The second-order valence-electron chi connectivity index (χ2n) is 3.46. The third kappa shape index (κ3) is 3.48. The van der Waals surface area contributed by atoms with Gasteiger partial charge in [0, 0.05) is 0 Å². The van der Waals surface area contributed by atoms with Crippen molar-refractivity contribution in [2.75, 3.05) is 6.61 Å². The van der Waals surface area contributed by atoms with Gasteiger partial charge in [0.25, 0.3) is 5.91 Å². The minimum absolute atomic E-state index is 0.336. The van der Waals surface area contributed by atoms with Crippen LogP contribution in [-0.4, -0.2) is 29.6 Å². The third-order valence-electron chi connectivity index (χ3n) is 2.15. The maximum absolute atomic E-state index is 11.8. The van der Waals surface area contributed by atoms with Gasteiger partial charge >= 0.3 is 5.97 Å². The third-order valence-corrected chi connectivity index (χ3v) is 2.15. The summed E-state index contributed by atoms with van der Waals surface area (Å²) < 4.78 is 5.29. The molecule has 1 amide bonds. The number of amides is 1. The van der Waals surface area contributed by atoms with Crippen LogP contribution >= 0.6 is 0 Å². The van der Waals surface area contributed by atoms with Gasteiger partial charge in [-0.25, -0.2) is 0 Å². The van der Waals surface area contributed by atoms with E-state index in [-0.39, 0.29) is 0 Å². The normalized spacial score (nSPS) is 11.6. The zero-order valence-corrected chi connectivity index (χ0v) is 9.77. The number of nitrogens with one attached hydrogen (secondary N) is 1. The van der Waals surface area contributed by atoms with Crippen LogP contribution in [0.5, 0.6) is 5.75 Å². The fourth-order valence-corrected chi connectivity index (χ4v) is 1.27. The average molecular weight is 237 g/mol. The first kappa shape index (κ1) is 13.0. The number of hydrogen-bond donors (Lipinski definition) is 2. The van der Waals surface area contributed by atoms with Crippen molar-refractivity contribution in [3.05, 3.63) is 29.8 Å². The molecule has 0 aliphatic carbocycles. The van der Waals surface area contributed by atoms with Crippen LogP contribution in [0.4, 0.5) is 0 Å². The number of carboxylic acids is 1. The lowest BCUT2D eigenvalue weighted by molar-refractivity contribution is -0.138. The molecule has 0 fully saturated rings. The van der Waals surface area contributed by atoms with Gasteiger partial charge in [0.2, 0.25) is 0 Å². The van der Waals surface area contributed by atoms with E-state index in [9.17, 15) is 9.59 Å². The number of aliphatic carboxylic acids is 1. The van der Waals surface area contributed by atoms with Gasteiger partial charge in [-0.2, -0.15) is 0 Å². The molecule has 0 saturated carbocycles. The van der Waals surface area contributed by atoms with Crippen molar-refractivity contribution in [1.29, 1.82) is 0 Å². The van der Waals surface area contributed by atoms with Gasteiger partial charge in [0.05, 0.1) is 12.2 Å². The molecule has 1 aromatic carbocycles. The van der Waals surface area contributed by atoms with Crippen LogP contribution in [0.3, 0.4) is 0 Å². The number of ether oxygens (including phenoxy) is 1. The number of carbonyl (C=O) groups is 2. The van der Waals surface area contributed by atoms with Gasteiger partial charge in [-0.3, -0.25) is 9.59 Å². The summed E-state index contributed by atoms with van der Waals surface area (Å²) in [6.45, 7) is 3.66. The Morgan fingerprint density at radius 1 is 1.41 bits per heavy atom. The first-order valence-corrected chi connectivity index (χ1v) is 5.31. The molecular formula is C12H15NO4. The Morgan fingerprint density at radius 3 is 2.65 bits per heavy atom. The van der Waals surface area contributed by atoms with Crippen molar-refractivity contribution in [2.24, 2.45) is 0 Å². The molecule has 0 spiro atoms. The number of benzene rings is 1. The highest BCUT2D eigenvalue weighted by molar-refractivity contribution is 5.98. The molecule has 17 heavy (non-hydrogen) atoms. The molecule has 1 aromatic rings. The van der Waals surface area contributed by atoms with Crippen molar-refractivity contribution in [3.8, 4) is 5.75 Å². The van der Waals surface area contributed by atoms with Gasteiger partial charge in [0.15, 0.2) is 0 Å². The highest BCUT2D eigenvalue weighted by Gasteiger charge is 2.17. The Hall–Kier alpha value is -2.04. The second-order valence-corrected chi connectivity index (χ2v) is 3.46. The van der Waals surface area contributed by atoms with Gasteiger partial charge in [-0.05, 0) is 26.0 Å². The summed E-state index contributed by atoms with van der Waals surface area (Å²) in [5, 5.41) is 11.1. The first-order valence-electron chi connectivity index (χ1n) is 5.31. The molecule has 0 unspecified atom stereocenters. The lowest BCUT2D eigenvalue weighted by Crippen LogP contribution is -2.38. The minimum Gasteiger partial charge on any atom is -0.493 e. The predicted octanol–water partition coefficient (Wildman–Crippen LogP) is 1.29. The maximum Gasteiger partial charge on any atom is 0.325 e. The standard InChI is InChI=1S/C12H15NO4/c1-3-17-10-7-5-4-6-9(10)11(14)13-8(2)12(15)16/h4-8H,3H2,1-2H3,(H,13,14)(H,15,16)/t8-/m0/s1. The van der Waals surface area contributed by atoms with Crippen LogP contribution in [0, 0.1) is 0 Å². The first-order chi connectivity index (χ1) is 8.06. The van der Waals surface area contributed by atoms with E-state index < -0.39 is 17.9 Å². The highest BCUT2D eigenvalue weighted by Crippen LogP contribution is 2.17. The van der Waals surface area contributed by atoms with E-state index in [0.29, 0.717) is 17.9 Å². The average Bonchev–Trinajstić information content (AvgIpc) is 2.29. The van der Waals surface area contributed by atoms with Crippen molar-refractivity contribution in [1.82, 2.24) is 5.32 Å². The topological polar surface area (TPSA) is 75.6 Å². The van der Waals surface area contributed by atoms with Crippen molar-refractivity contribution >= 4 is 11.9 Å². The molecule has 0 saturated heterocycles. The SMILES string of the molecule is CCOc1ccccc1C(=O)N[C@@H](C)C(=O)O. The van der Waals surface area contributed by atoms with E-state index in [1.54, 1.807) is 24.3 Å². The fraction of sp³-hybridized carbons (Fsp3) is 0.333. The lowest BCUT2D eigenvalue weighted by atomic mass is 10.1. The largest absolute Gasteiger partial charge is 0.493 e. The molecule has 5 nitrogen and oxygen atoms in total. The van der Waals surface area contributed by atoms with Crippen molar-refractivity contribution < 1.29 is 19.4 Å². The molecule has 0 heterocycles. The Labute approximate surface area is 99.4 Å². The molecule has 1 atom stereocenters. The zero-order chi connectivity index (χ0) is 12.8. The molecule has 0 aliphatic heterocycles. The number of hydrogen-bond acceptors (Lipinski definition) is 3. The van der Waals surface area contributed by atoms with Gasteiger partial charge in [-0.15, -0.1) is 0 Å². The van der Waals surface area contributed by atoms with Crippen LogP contribution in [0.1, 0.15) is 24.2 Å². The molecule has 2 N–H and O–H groups in total. The molecule has 0 aliphatic rings. The van der Waals surface area contributed by atoms with Crippen LogP contribution in [0.15, 0.2) is 24.3 Å². The Balaban J connectivity index is 2.84. The summed E-state index contributed by atoms with van der Waals surface area (Å²) in [7, 11) is 0. The molecule has 5 heteroatoms.